The number of rotatable bonds is 5. The van der Waals surface area contributed by atoms with Gasteiger partial charge in [0.1, 0.15) is 5.82 Å². The van der Waals surface area contributed by atoms with Gasteiger partial charge in [0.05, 0.1) is 24.9 Å². The van der Waals surface area contributed by atoms with E-state index >= 15 is 0 Å². The number of hydrogen-bond acceptors (Lipinski definition) is 6. The molecule has 6 nitrogen and oxygen atoms in total. The summed E-state index contributed by atoms with van der Waals surface area (Å²) < 4.78 is 5.23. The first-order valence-electron chi connectivity index (χ1n) is 8.36. The van der Waals surface area contributed by atoms with Crippen LogP contribution >= 0.6 is 0 Å². The number of likely N-dealkylation sites (N-methyl/N-ethyl adjacent to an activating group) is 1. The molecule has 0 bridgehead atoms. The Kier molecular flexibility index (Phi) is 4.78. The van der Waals surface area contributed by atoms with Crippen LogP contribution in [0.4, 0.5) is 11.8 Å². The van der Waals surface area contributed by atoms with Crippen LogP contribution in [0.5, 0.6) is 0 Å². The molecule has 6 heteroatoms. The Balaban J connectivity index is 1.76. The van der Waals surface area contributed by atoms with Gasteiger partial charge in [0, 0.05) is 32.2 Å². The van der Waals surface area contributed by atoms with Crippen molar-refractivity contribution < 1.29 is 4.74 Å². The number of hydrogen-bond donors (Lipinski definition) is 1. The third kappa shape index (κ3) is 3.50. The third-order valence-corrected chi connectivity index (χ3v) is 4.42. The van der Waals surface area contributed by atoms with Crippen LogP contribution in [0.3, 0.4) is 0 Å². The Bertz CT molecular complexity index is 495. The Morgan fingerprint density at radius 1 is 1.23 bits per heavy atom. The first-order valence-corrected chi connectivity index (χ1v) is 8.36. The van der Waals surface area contributed by atoms with Crippen molar-refractivity contribution in [2.24, 2.45) is 0 Å². The summed E-state index contributed by atoms with van der Waals surface area (Å²) in [6, 6.07) is 2.47. The van der Waals surface area contributed by atoms with E-state index in [1.54, 1.807) is 0 Å². The van der Waals surface area contributed by atoms with Crippen molar-refractivity contribution in [2.45, 2.75) is 32.7 Å². The predicted molar refractivity (Wildman–Crippen MR) is 88.7 cm³/mol. The van der Waals surface area contributed by atoms with Crippen LogP contribution in [-0.2, 0) is 4.74 Å². The fourth-order valence-corrected chi connectivity index (χ4v) is 2.76. The van der Waals surface area contributed by atoms with E-state index in [1.165, 1.54) is 0 Å². The van der Waals surface area contributed by atoms with E-state index in [0.717, 1.165) is 63.4 Å². The molecular weight excluding hydrogens is 278 g/mol. The van der Waals surface area contributed by atoms with E-state index in [4.69, 9.17) is 14.7 Å². The Morgan fingerprint density at radius 2 is 1.95 bits per heavy atom. The molecule has 0 spiro atoms. The third-order valence-electron chi connectivity index (χ3n) is 4.42. The van der Waals surface area contributed by atoms with Crippen LogP contribution in [0.15, 0.2) is 6.07 Å². The van der Waals surface area contributed by atoms with Gasteiger partial charge in [-0.05, 0) is 12.5 Å². The zero-order valence-electron chi connectivity index (χ0n) is 13.9. The lowest BCUT2D eigenvalue weighted by Crippen LogP contribution is -2.47. The molecule has 0 aliphatic carbocycles. The summed E-state index contributed by atoms with van der Waals surface area (Å²) in [4.78, 5) is 14.3. The quantitative estimate of drug-likeness (QED) is 0.891. The average Bonchev–Trinajstić information content (AvgIpc) is 2.51. The molecular formula is C16H27N5O. The highest BCUT2D eigenvalue weighted by atomic mass is 16.5. The standard InChI is InChI=1S/C16H27N5O/c1-4-20-5-7-21(8-6-20)16-18-14(12(2)3)9-15(19-16)17-13-10-22-11-13/h9,12-13H,4-8,10-11H2,1-3H3,(H,17,18,19). The lowest BCUT2D eigenvalue weighted by Gasteiger charge is -2.34. The molecule has 22 heavy (non-hydrogen) atoms. The maximum atomic E-state index is 5.23. The van der Waals surface area contributed by atoms with Crippen LogP contribution in [0.25, 0.3) is 0 Å². The minimum Gasteiger partial charge on any atom is -0.377 e. The van der Waals surface area contributed by atoms with E-state index < -0.39 is 0 Å². The number of anilines is 2. The van der Waals surface area contributed by atoms with Crippen LogP contribution in [0.2, 0.25) is 0 Å². The molecule has 1 N–H and O–H groups in total. The van der Waals surface area contributed by atoms with Crippen LogP contribution in [0.1, 0.15) is 32.4 Å². The van der Waals surface area contributed by atoms with Crippen LogP contribution in [0, 0.1) is 0 Å². The Hall–Kier alpha value is -1.40. The van der Waals surface area contributed by atoms with Crippen molar-refractivity contribution in [3.63, 3.8) is 0 Å². The predicted octanol–water partition coefficient (Wildman–Crippen LogP) is 1.55. The number of nitrogens with one attached hydrogen (secondary N) is 1. The summed E-state index contributed by atoms with van der Waals surface area (Å²) in [7, 11) is 0. The van der Waals surface area contributed by atoms with Gasteiger partial charge in [0.15, 0.2) is 0 Å². The van der Waals surface area contributed by atoms with Gasteiger partial charge >= 0.3 is 0 Å². The molecule has 1 aromatic rings. The van der Waals surface area contributed by atoms with Crippen molar-refractivity contribution in [1.29, 1.82) is 0 Å². The summed E-state index contributed by atoms with van der Waals surface area (Å²) in [6.45, 7) is 13.4. The van der Waals surface area contributed by atoms with Crippen molar-refractivity contribution in [1.82, 2.24) is 14.9 Å². The van der Waals surface area contributed by atoms with Gasteiger partial charge < -0.3 is 19.9 Å². The number of ether oxygens (including phenoxy) is 1. The number of nitrogens with zero attached hydrogens (tertiary/aromatic N) is 4. The Labute approximate surface area is 132 Å². The molecule has 0 aromatic carbocycles. The van der Waals surface area contributed by atoms with Gasteiger partial charge in [-0.25, -0.2) is 4.98 Å². The van der Waals surface area contributed by atoms with E-state index in [9.17, 15) is 0 Å². The van der Waals surface area contributed by atoms with Crippen LogP contribution < -0.4 is 10.2 Å². The van der Waals surface area contributed by atoms with Crippen molar-refractivity contribution in [3.8, 4) is 0 Å². The topological polar surface area (TPSA) is 53.5 Å². The maximum absolute atomic E-state index is 5.23. The molecule has 0 radical (unpaired) electrons. The molecule has 0 amide bonds. The molecule has 3 rings (SSSR count). The average molecular weight is 305 g/mol. The normalized spacial score (nSPS) is 20.3. The molecule has 0 unspecified atom stereocenters. The fourth-order valence-electron chi connectivity index (χ4n) is 2.76. The lowest BCUT2D eigenvalue weighted by atomic mass is 10.1. The molecule has 0 atom stereocenters. The molecule has 1 aromatic heterocycles. The highest BCUT2D eigenvalue weighted by Gasteiger charge is 2.22. The summed E-state index contributed by atoms with van der Waals surface area (Å²) >= 11 is 0. The summed E-state index contributed by atoms with van der Waals surface area (Å²) in [5.41, 5.74) is 1.10. The highest BCUT2D eigenvalue weighted by Crippen LogP contribution is 2.22. The number of piperazine rings is 1. The second-order valence-corrected chi connectivity index (χ2v) is 6.43. The minimum absolute atomic E-state index is 0.389. The molecule has 3 heterocycles. The second-order valence-electron chi connectivity index (χ2n) is 6.43. The van der Waals surface area contributed by atoms with Crippen molar-refractivity contribution in [2.75, 3.05) is 56.2 Å². The molecule has 122 valence electrons. The zero-order valence-corrected chi connectivity index (χ0v) is 13.9. The monoisotopic (exact) mass is 305 g/mol. The molecule has 2 aliphatic rings. The largest absolute Gasteiger partial charge is 0.377 e. The maximum Gasteiger partial charge on any atom is 0.227 e. The zero-order chi connectivity index (χ0) is 15.5. The van der Waals surface area contributed by atoms with Gasteiger partial charge in [-0.15, -0.1) is 0 Å². The van der Waals surface area contributed by atoms with Gasteiger partial charge in [0.25, 0.3) is 0 Å². The second kappa shape index (κ2) is 6.79. The lowest BCUT2D eigenvalue weighted by molar-refractivity contribution is 0.0209. The van der Waals surface area contributed by atoms with E-state index in [0.29, 0.717) is 12.0 Å². The molecule has 2 aliphatic heterocycles. The van der Waals surface area contributed by atoms with Gasteiger partial charge in [-0.2, -0.15) is 4.98 Å². The number of aromatic nitrogens is 2. The Morgan fingerprint density at radius 3 is 2.50 bits per heavy atom. The smallest absolute Gasteiger partial charge is 0.227 e. The molecule has 2 fully saturated rings. The fraction of sp³-hybridized carbons (Fsp3) is 0.750. The van der Waals surface area contributed by atoms with E-state index in [-0.39, 0.29) is 0 Å². The molecule has 0 saturated carbocycles. The SMILES string of the molecule is CCN1CCN(c2nc(NC3COC3)cc(C(C)C)n2)CC1. The summed E-state index contributed by atoms with van der Waals surface area (Å²) in [5.74, 6) is 2.20. The highest BCUT2D eigenvalue weighted by molar-refractivity contribution is 5.45. The summed E-state index contributed by atoms with van der Waals surface area (Å²) in [5, 5.41) is 3.46. The van der Waals surface area contributed by atoms with Crippen molar-refractivity contribution >= 4 is 11.8 Å². The summed E-state index contributed by atoms with van der Waals surface area (Å²) in [6.07, 6.45) is 0. The van der Waals surface area contributed by atoms with Crippen LogP contribution in [-0.4, -0.2) is 66.8 Å². The van der Waals surface area contributed by atoms with Crippen molar-refractivity contribution in [3.05, 3.63) is 11.8 Å². The van der Waals surface area contributed by atoms with E-state index in [2.05, 4.69) is 42.0 Å². The minimum atomic E-state index is 0.389. The van der Waals surface area contributed by atoms with E-state index in [1.807, 2.05) is 0 Å². The van der Waals surface area contributed by atoms with Gasteiger partial charge in [-0.1, -0.05) is 20.8 Å². The first kappa shape index (κ1) is 15.5. The molecule has 2 saturated heterocycles. The van der Waals surface area contributed by atoms with Gasteiger partial charge in [-0.3, -0.25) is 0 Å². The first-order chi connectivity index (χ1) is 10.7. The van der Waals surface area contributed by atoms with Gasteiger partial charge in [0.2, 0.25) is 5.95 Å².